The number of rotatable bonds is 2. The fraction of sp³-hybridized carbons (Fsp3) is 0. The molecule has 0 bridgehead atoms. The van der Waals surface area contributed by atoms with E-state index in [4.69, 9.17) is 4.74 Å². The van der Waals surface area contributed by atoms with Crippen LogP contribution in [0.25, 0.3) is 60.5 Å². The number of aromatic nitrogens is 1. The Morgan fingerprint density at radius 2 is 1.22 bits per heavy atom. The normalized spacial score (nSPS) is 12.1. The molecule has 0 unspecified atom stereocenters. The molecule has 0 spiro atoms. The molecule has 1 aromatic heterocycles. The molecule has 8 rings (SSSR count). The third-order valence-electron chi connectivity index (χ3n) is 7.38. The predicted molar refractivity (Wildman–Crippen MR) is 149 cm³/mol. The molecular formula is C34H21NO. The maximum atomic E-state index is 6.36. The van der Waals surface area contributed by atoms with Gasteiger partial charge in [0, 0.05) is 27.4 Å². The van der Waals surface area contributed by atoms with Crippen molar-refractivity contribution < 1.29 is 4.74 Å². The van der Waals surface area contributed by atoms with Crippen molar-refractivity contribution in [2.24, 2.45) is 0 Å². The van der Waals surface area contributed by atoms with Crippen LogP contribution in [0.3, 0.4) is 0 Å². The molecule has 36 heavy (non-hydrogen) atoms. The van der Waals surface area contributed by atoms with Gasteiger partial charge in [0.25, 0.3) is 0 Å². The second-order valence-electron chi connectivity index (χ2n) is 9.36. The first-order chi connectivity index (χ1) is 17.9. The molecular weight excluding hydrogens is 438 g/mol. The quantitative estimate of drug-likeness (QED) is 0.251. The number of para-hydroxylation sites is 2. The lowest BCUT2D eigenvalue weighted by Gasteiger charge is -2.22. The van der Waals surface area contributed by atoms with E-state index in [0.29, 0.717) is 0 Å². The predicted octanol–water partition coefficient (Wildman–Crippen LogP) is 9.38. The largest absolute Gasteiger partial charge is 0.456 e. The van der Waals surface area contributed by atoms with Gasteiger partial charge in [0.2, 0.25) is 0 Å². The Morgan fingerprint density at radius 3 is 2.14 bits per heavy atom. The van der Waals surface area contributed by atoms with Gasteiger partial charge in [-0.05, 0) is 64.5 Å². The van der Waals surface area contributed by atoms with E-state index >= 15 is 0 Å². The molecule has 0 saturated carbocycles. The van der Waals surface area contributed by atoms with Gasteiger partial charge in [-0.1, -0.05) is 84.9 Å². The molecule has 168 valence electrons. The van der Waals surface area contributed by atoms with Crippen molar-refractivity contribution in [1.82, 2.24) is 4.57 Å². The maximum Gasteiger partial charge on any atom is 0.135 e. The molecule has 2 nitrogen and oxygen atoms in total. The van der Waals surface area contributed by atoms with E-state index in [1.54, 1.807) is 0 Å². The summed E-state index contributed by atoms with van der Waals surface area (Å²) in [4.78, 5) is 0. The first-order valence-corrected chi connectivity index (χ1v) is 12.3. The number of fused-ring (bicyclic) bond motifs is 5. The average molecular weight is 460 g/mol. The minimum Gasteiger partial charge on any atom is -0.456 e. The summed E-state index contributed by atoms with van der Waals surface area (Å²) in [5.74, 6) is 1.83. The van der Waals surface area contributed by atoms with Crippen LogP contribution < -0.4 is 4.74 Å². The number of hydrogen-bond acceptors (Lipinski definition) is 1. The summed E-state index contributed by atoms with van der Waals surface area (Å²) in [6.45, 7) is 0. The molecule has 0 saturated heterocycles. The molecule has 0 atom stereocenters. The molecule has 1 aliphatic rings. The Morgan fingerprint density at radius 1 is 0.472 bits per heavy atom. The van der Waals surface area contributed by atoms with E-state index in [2.05, 4.69) is 132 Å². The zero-order valence-electron chi connectivity index (χ0n) is 19.5. The molecule has 2 heteroatoms. The summed E-state index contributed by atoms with van der Waals surface area (Å²) in [6.07, 6.45) is 0. The Labute approximate surface area is 208 Å². The SMILES string of the molecule is c1ccc(-n2c3ccccc3c3c(-c4ccc5c(c4)-c4cccc6cccc(c46)O5)cccc32)cc1. The number of nitrogens with zero attached hydrogens (tertiary/aromatic N) is 1. The molecule has 7 aromatic rings. The van der Waals surface area contributed by atoms with Crippen LogP contribution >= 0.6 is 0 Å². The minimum absolute atomic E-state index is 0.906. The fourth-order valence-electron chi connectivity index (χ4n) is 5.85. The van der Waals surface area contributed by atoms with Crippen molar-refractivity contribution in [3.05, 3.63) is 127 Å². The van der Waals surface area contributed by atoms with Crippen LogP contribution in [-0.2, 0) is 0 Å². The number of ether oxygens (including phenoxy) is 1. The first-order valence-electron chi connectivity index (χ1n) is 12.3. The van der Waals surface area contributed by atoms with Crippen LogP contribution in [0.2, 0.25) is 0 Å². The molecule has 0 fully saturated rings. The second-order valence-corrected chi connectivity index (χ2v) is 9.36. The van der Waals surface area contributed by atoms with Gasteiger partial charge in [-0.25, -0.2) is 0 Å². The van der Waals surface area contributed by atoms with Crippen LogP contribution in [0.1, 0.15) is 0 Å². The lowest BCUT2D eigenvalue weighted by Crippen LogP contribution is -1.97. The van der Waals surface area contributed by atoms with E-state index in [-0.39, 0.29) is 0 Å². The van der Waals surface area contributed by atoms with Crippen LogP contribution in [0.15, 0.2) is 127 Å². The van der Waals surface area contributed by atoms with Gasteiger partial charge in [0.1, 0.15) is 11.5 Å². The van der Waals surface area contributed by atoms with E-state index in [0.717, 1.165) is 17.1 Å². The van der Waals surface area contributed by atoms with Crippen LogP contribution in [0, 0.1) is 0 Å². The summed E-state index contributed by atoms with van der Waals surface area (Å²) < 4.78 is 8.72. The molecule has 0 radical (unpaired) electrons. The molecule has 6 aromatic carbocycles. The summed E-state index contributed by atoms with van der Waals surface area (Å²) in [5.41, 5.74) is 8.38. The van der Waals surface area contributed by atoms with Crippen molar-refractivity contribution in [2.75, 3.05) is 0 Å². The average Bonchev–Trinajstić information content (AvgIpc) is 3.28. The van der Waals surface area contributed by atoms with Crippen molar-refractivity contribution in [3.8, 4) is 39.4 Å². The molecule has 0 amide bonds. The third-order valence-corrected chi connectivity index (χ3v) is 7.38. The highest BCUT2D eigenvalue weighted by Crippen LogP contribution is 2.48. The zero-order valence-corrected chi connectivity index (χ0v) is 19.5. The van der Waals surface area contributed by atoms with Gasteiger partial charge >= 0.3 is 0 Å². The summed E-state index contributed by atoms with van der Waals surface area (Å²) in [5, 5.41) is 4.92. The smallest absolute Gasteiger partial charge is 0.135 e. The van der Waals surface area contributed by atoms with E-state index < -0.39 is 0 Å². The lowest BCUT2D eigenvalue weighted by atomic mass is 9.91. The van der Waals surface area contributed by atoms with Gasteiger partial charge in [0.05, 0.1) is 11.0 Å². The van der Waals surface area contributed by atoms with Gasteiger partial charge in [0.15, 0.2) is 0 Å². The summed E-state index contributed by atoms with van der Waals surface area (Å²) in [6, 6.07) is 45.3. The fourth-order valence-corrected chi connectivity index (χ4v) is 5.85. The highest BCUT2D eigenvalue weighted by molar-refractivity contribution is 6.16. The van der Waals surface area contributed by atoms with Crippen LogP contribution in [0.4, 0.5) is 0 Å². The maximum absolute atomic E-state index is 6.36. The van der Waals surface area contributed by atoms with Crippen LogP contribution in [0.5, 0.6) is 11.5 Å². The van der Waals surface area contributed by atoms with Crippen molar-refractivity contribution >= 4 is 32.6 Å². The Kier molecular flexibility index (Phi) is 3.97. The van der Waals surface area contributed by atoms with Gasteiger partial charge in [-0.3, -0.25) is 0 Å². The van der Waals surface area contributed by atoms with Gasteiger partial charge < -0.3 is 9.30 Å². The van der Waals surface area contributed by atoms with E-state index in [9.17, 15) is 0 Å². The summed E-state index contributed by atoms with van der Waals surface area (Å²) >= 11 is 0. The highest BCUT2D eigenvalue weighted by Gasteiger charge is 2.21. The number of benzene rings is 6. The minimum atomic E-state index is 0.906. The zero-order chi connectivity index (χ0) is 23.6. The monoisotopic (exact) mass is 459 g/mol. The third kappa shape index (κ3) is 2.67. The van der Waals surface area contributed by atoms with Crippen LogP contribution in [-0.4, -0.2) is 4.57 Å². The van der Waals surface area contributed by atoms with Gasteiger partial charge in [-0.15, -0.1) is 0 Å². The van der Waals surface area contributed by atoms with Crippen molar-refractivity contribution in [1.29, 1.82) is 0 Å². The second kappa shape index (κ2) is 7.34. The first kappa shape index (κ1) is 19.5. The summed E-state index contributed by atoms with van der Waals surface area (Å²) in [7, 11) is 0. The Balaban J connectivity index is 1.42. The van der Waals surface area contributed by atoms with Gasteiger partial charge in [-0.2, -0.15) is 0 Å². The molecule has 0 N–H and O–H groups in total. The molecule has 0 aliphatic carbocycles. The van der Waals surface area contributed by atoms with Crippen molar-refractivity contribution in [2.45, 2.75) is 0 Å². The lowest BCUT2D eigenvalue weighted by molar-refractivity contribution is 0.487. The topological polar surface area (TPSA) is 14.2 Å². The highest BCUT2D eigenvalue weighted by atomic mass is 16.5. The molecule has 2 heterocycles. The van der Waals surface area contributed by atoms with E-state index in [1.807, 2.05) is 0 Å². The number of hydrogen-bond donors (Lipinski definition) is 0. The molecule has 1 aliphatic heterocycles. The van der Waals surface area contributed by atoms with Crippen molar-refractivity contribution in [3.63, 3.8) is 0 Å². The Bertz CT molecular complexity index is 1960. The Hall–Kier alpha value is -4.82. The van der Waals surface area contributed by atoms with E-state index in [1.165, 1.54) is 55.0 Å². The standard InChI is InChI=1S/C34H21NO/c1-2-11-24(12-3-1)35-29-16-5-4-13-27(29)34-25(14-8-17-30(34)35)23-19-20-31-28(21-23)26-15-6-9-22-10-7-18-32(36-31)33(22)26/h1-21H.